The number of rotatable bonds is 6. The molecule has 0 saturated carbocycles. The summed E-state index contributed by atoms with van der Waals surface area (Å²) in [6, 6.07) is 4.89. The van der Waals surface area contributed by atoms with Gasteiger partial charge in [-0.2, -0.15) is 22.0 Å². The molecule has 0 amide bonds. The maximum absolute atomic E-state index is 12.5. The zero-order valence-electron chi connectivity index (χ0n) is 13.6. The van der Waals surface area contributed by atoms with Crippen LogP contribution in [0.1, 0.15) is 42.4 Å². The molecule has 0 aliphatic rings. The van der Waals surface area contributed by atoms with Gasteiger partial charge in [0.2, 0.25) is 5.82 Å². The van der Waals surface area contributed by atoms with E-state index in [0.717, 1.165) is 21.1 Å². The number of fused-ring (bicyclic) bond motifs is 1. The van der Waals surface area contributed by atoms with E-state index in [0.29, 0.717) is 22.0 Å². The van der Waals surface area contributed by atoms with Crippen molar-refractivity contribution in [2.75, 3.05) is 14.1 Å². The lowest BCUT2D eigenvalue weighted by Crippen LogP contribution is -2.29. The summed E-state index contributed by atoms with van der Waals surface area (Å²) in [5.74, 6) is -0.328. The number of nitrogens with zero attached hydrogens (tertiary/aromatic N) is 4. The summed E-state index contributed by atoms with van der Waals surface area (Å²) in [4.78, 5) is 16.4. The topological polar surface area (TPSA) is 96.1 Å². The van der Waals surface area contributed by atoms with Crippen LogP contribution in [-0.4, -0.2) is 41.6 Å². The van der Waals surface area contributed by atoms with Gasteiger partial charge in [0.1, 0.15) is 11.6 Å². The molecule has 1 aromatic heterocycles. The Hall–Kier alpha value is -1.76. The van der Waals surface area contributed by atoms with Crippen molar-refractivity contribution in [1.29, 1.82) is 5.26 Å². The number of carbonyl (C=O) groups is 1. The van der Waals surface area contributed by atoms with E-state index in [2.05, 4.69) is 20.9 Å². The first-order valence-corrected chi connectivity index (χ1v) is 9.51. The average Bonchev–Trinajstić information content (AvgIpc) is 2.92. The lowest BCUT2D eigenvalue weighted by atomic mass is 10.1. The van der Waals surface area contributed by atoms with Crippen LogP contribution in [0.4, 0.5) is 0 Å². The van der Waals surface area contributed by atoms with E-state index in [1.54, 1.807) is 12.1 Å². The van der Waals surface area contributed by atoms with Gasteiger partial charge >= 0.3 is 10.2 Å². The van der Waals surface area contributed by atoms with E-state index in [1.165, 1.54) is 20.2 Å². The highest BCUT2D eigenvalue weighted by atomic mass is 79.9. The smallest absolute Gasteiger partial charge is 0.294 e. The summed E-state index contributed by atoms with van der Waals surface area (Å²) in [6.45, 7) is 1.99. The fourth-order valence-corrected chi connectivity index (χ4v) is 3.78. The number of nitriles is 1. The number of ketones is 1. The number of carbonyl (C=O) groups excluding carboxylic acids is 1. The number of Topliss-reactive ketones (excluding diaryl/α,β-unsaturated/α-hetero) is 1. The van der Waals surface area contributed by atoms with Crippen LogP contribution in [-0.2, 0) is 10.2 Å². The van der Waals surface area contributed by atoms with E-state index in [9.17, 15) is 18.5 Å². The molecule has 0 atom stereocenters. The van der Waals surface area contributed by atoms with Crippen LogP contribution >= 0.6 is 15.9 Å². The molecule has 128 valence electrons. The van der Waals surface area contributed by atoms with Gasteiger partial charge in [-0.3, -0.25) is 4.79 Å². The minimum atomic E-state index is -3.95. The molecule has 7 nitrogen and oxygen atoms in total. The van der Waals surface area contributed by atoms with Gasteiger partial charge in [0, 0.05) is 30.6 Å². The Morgan fingerprint density at radius 2 is 2.08 bits per heavy atom. The fraction of sp³-hybridized carbons (Fsp3) is 0.400. The quantitative estimate of drug-likeness (QED) is 0.679. The molecule has 0 saturated heterocycles. The number of benzene rings is 1. The van der Waals surface area contributed by atoms with Crippen LogP contribution in [0.2, 0.25) is 0 Å². The van der Waals surface area contributed by atoms with E-state index < -0.39 is 10.2 Å². The number of unbranched alkanes of at least 4 members (excludes halogenated alkanes) is 1. The second-order valence-electron chi connectivity index (χ2n) is 5.45. The standard InChI is InChI=1S/C15H17BrN4O3S/c1-4-5-6-13(21)10-7-11(16)15-12(8-10)20(14(9-17)18-15)24(22,23)19(2)3/h7-8H,4-6H2,1-3H3. The predicted molar refractivity (Wildman–Crippen MR) is 94.0 cm³/mol. The number of hydrogen-bond acceptors (Lipinski definition) is 5. The first-order valence-electron chi connectivity index (χ1n) is 7.32. The molecule has 0 N–H and O–H groups in total. The van der Waals surface area contributed by atoms with Crippen molar-refractivity contribution in [3.63, 3.8) is 0 Å². The molecule has 2 rings (SSSR count). The predicted octanol–water partition coefficient (Wildman–Crippen LogP) is 2.70. The number of hydrogen-bond donors (Lipinski definition) is 0. The van der Waals surface area contributed by atoms with Gasteiger partial charge < -0.3 is 0 Å². The molecule has 0 unspecified atom stereocenters. The monoisotopic (exact) mass is 412 g/mol. The Morgan fingerprint density at radius 3 is 2.62 bits per heavy atom. The molecular weight excluding hydrogens is 396 g/mol. The molecule has 0 aliphatic carbocycles. The molecule has 0 fully saturated rings. The molecule has 1 heterocycles. The summed E-state index contributed by atoms with van der Waals surface area (Å²) >= 11 is 3.32. The Labute approximate surface area is 149 Å². The highest BCUT2D eigenvalue weighted by Crippen LogP contribution is 2.28. The minimum absolute atomic E-state index is 0.0760. The van der Waals surface area contributed by atoms with Crippen molar-refractivity contribution in [2.24, 2.45) is 0 Å². The van der Waals surface area contributed by atoms with Gasteiger partial charge in [-0.15, -0.1) is 0 Å². The first-order chi connectivity index (χ1) is 11.2. The van der Waals surface area contributed by atoms with Gasteiger partial charge in [-0.25, -0.2) is 4.98 Å². The number of aromatic nitrogens is 2. The van der Waals surface area contributed by atoms with Crippen molar-refractivity contribution >= 4 is 43.0 Å². The van der Waals surface area contributed by atoms with Crippen LogP contribution in [0.3, 0.4) is 0 Å². The Bertz CT molecular complexity index is 942. The third kappa shape index (κ3) is 3.22. The van der Waals surface area contributed by atoms with Crippen molar-refractivity contribution in [2.45, 2.75) is 26.2 Å². The second-order valence-corrected chi connectivity index (χ2v) is 8.30. The highest BCUT2D eigenvalue weighted by Gasteiger charge is 2.26. The molecule has 1 aromatic carbocycles. The summed E-state index contributed by atoms with van der Waals surface area (Å²) in [5.41, 5.74) is 0.918. The molecule has 0 aliphatic heterocycles. The molecule has 0 bridgehead atoms. The van der Waals surface area contributed by atoms with Crippen LogP contribution < -0.4 is 0 Å². The van der Waals surface area contributed by atoms with Crippen LogP contribution in [0.15, 0.2) is 16.6 Å². The average molecular weight is 413 g/mol. The zero-order chi connectivity index (χ0) is 18.1. The fourth-order valence-electron chi connectivity index (χ4n) is 2.23. The molecule has 0 spiro atoms. The van der Waals surface area contributed by atoms with Gasteiger partial charge in [0.05, 0.1) is 5.52 Å². The third-order valence-electron chi connectivity index (χ3n) is 3.54. The van der Waals surface area contributed by atoms with E-state index in [-0.39, 0.29) is 17.1 Å². The van der Waals surface area contributed by atoms with E-state index in [1.807, 2.05) is 6.92 Å². The second kappa shape index (κ2) is 7.01. The SMILES string of the molecule is CCCCC(=O)c1cc(Br)c2nc(C#N)n(S(=O)(=O)N(C)C)c2c1. The highest BCUT2D eigenvalue weighted by molar-refractivity contribution is 9.10. The number of halogens is 1. The Balaban J connectivity index is 2.76. The van der Waals surface area contributed by atoms with Crippen molar-refractivity contribution in [3.05, 3.63) is 28.0 Å². The third-order valence-corrected chi connectivity index (χ3v) is 5.90. The van der Waals surface area contributed by atoms with Crippen molar-refractivity contribution < 1.29 is 13.2 Å². The van der Waals surface area contributed by atoms with Gasteiger partial charge in [0.15, 0.2) is 5.78 Å². The van der Waals surface area contributed by atoms with Gasteiger partial charge in [-0.05, 0) is 34.5 Å². The minimum Gasteiger partial charge on any atom is -0.294 e. The lowest BCUT2D eigenvalue weighted by Gasteiger charge is -2.13. The van der Waals surface area contributed by atoms with Crippen LogP contribution in [0.5, 0.6) is 0 Å². The van der Waals surface area contributed by atoms with Gasteiger partial charge in [0.25, 0.3) is 0 Å². The molecule has 9 heteroatoms. The summed E-state index contributed by atoms with van der Waals surface area (Å²) in [6.07, 6.45) is 2.03. The van der Waals surface area contributed by atoms with Crippen LogP contribution in [0.25, 0.3) is 11.0 Å². The number of imidazole rings is 1. The molecular formula is C15H17BrN4O3S. The maximum atomic E-state index is 12.5. The first kappa shape index (κ1) is 18.6. The lowest BCUT2D eigenvalue weighted by molar-refractivity contribution is 0.0980. The Kier molecular flexibility index (Phi) is 5.42. The molecule has 0 radical (unpaired) electrons. The molecule has 2 aromatic rings. The van der Waals surface area contributed by atoms with E-state index in [4.69, 9.17) is 0 Å². The maximum Gasteiger partial charge on any atom is 0.309 e. The molecule has 24 heavy (non-hydrogen) atoms. The summed E-state index contributed by atoms with van der Waals surface area (Å²) in [7, 11) is -1.21. The van der Waals surface area contributed by atoms with E-state index >= 15 is 0 Å². The normalized spacial score (nSPS) is 11.8. The largest absolute Gasteiger partial charge is 0.309 e. The summed E-state index contributed by atoms with van der Waals surface area (Å²) < 4.78 is 27.4. The van der Waals surface area contributed by atoms with Gasteiger partial charge in [-0.1, -0.05) is 13.3 Å². The van der Waals surface area contributed by atoms with Crippen LogP contribution in [0, 0.1) is 11.3 Å². The van der Waals surface area contributed by atoms with Crippen molar-refractivity contribution in [1.82, 2.24) is 13.3 Å². The Morgan fingerprint density at radius 1 is 1.42 bits per heavy atom. The zero-order valence-corrected chi connectivity index (χ0v) is 16.0. The van der Waals surface area contributed by atoms with Crippen molar-refractivity contribution in [3.8, 4) is 6.07 Å². The summed E-state index contributed by atoms with van der Waals surface area (Å²) in [5, 5.41) is 9.25.